The van der Waals surface area contributed by atoms with E-state index in [9.17, 15) is 9.59 Å². The predicted octanol–water partition coefficient (Wildman–Crippen LogP) is 3.27. The Morgan fingerprint density at radius 2 is 1.96 bits per heavy atom. The quantitative estimate of drug-likeness (QED) is 0.644. The van der Waals surface area contributed by atoms with Crippen molar-refractivity contribution in [2.75, 3.05) is 6.61 Å². The van der Waals surface area contributed by atoms with Crippen molar-refractivity contribution in [1.29, 1.82) is 0 Å². The second kappa shape index (κ2) is 8.45. The fourth-order valence-corrected chi connectivity index (χ4v) is 2.26. The summed E-state index contributed by atoms with van der Waals surface area (Å²) in [5, 5.41) is 2.86. The highest BCUT2D eigenvalue weighted by Gasteiger charge is 2.15. The Morgan fingerprint density at radius 3 is 2.58 bits per heavy atom. The minimum absolute atomic E-state index is 0.0674. The zero-order valence-corrected chi connectivity index (χ0v) is 14.3. The van der Waals surface area contributed by atoms with Crippen LogP contribution in [0.4, 0.5) is 0 Å². The molecule has 2 rings (SSSR count). The van der Waals surface area contributed by atoms with Gasteiger partial charge in [0, 0.05) is 6.20 Å². The van der Waals surface area contributed by atoms with E-state index in [0.717, 1.165) is 12.0 Å². The van der Waals surface area contributed by atoms with E-state index < -0.39 is 5.97 Å². The Kier molecular flexibility index (Phi) is 6.32. The standard InChI is InChI=1S/C18H19ClN2O3/c1-3-13-6-8-14(9-7-13)18(23)24-11-12(2)21-17(22)15-5-4-10-20-16(15)19/h4-10,12H,3,11H2,1-2H3,(H,21,22)/t12-/m0/s1. The lowest BCUT2D eigenvalue weighted by molar-refractivity contribution is 0.0464. The Morgan fingerprint density at radius 1 is 1.25 bits per heavy atom. The molecule has 1 aromatic heterocycles. The third-order valence-electron chi connectivity index (χ3n) is 3.44. The molecule has 0 radical (unpaired) electrons. The van der Waals surface area contributed by atoms with Crippen LogP contribution in [0.5, 0.6) is 0 Å². The van der Waals surface area contributed by atoms with Crippen molar-refractivity contribution in [2.45, 2.75) is 26.3 Å². The smallest absolute Gasteiger partial charge is 0.338 e. The molecule has 2 aromatic rings. The van der Waals surface area contributed by atoms with Crippen molar-refractivity contribution in [2.24, 2.45) is 0 Å². The third kappa shape index (κ3) is 4.80. The van der Waals surface area contributed by atoms with Crippen molar-refractivity contribution >= 4 is 23.5 Å². The zero-order valence-electron chi connectivity index (χ0n) is 13.6. The Labute approximate surface area is 146 Å². The fourth-order valence-electron chi connectivity index (χ4n) is 2.06. The van der Waals surface area contributed by atoms with Gasteiger partial charge < -0.3 is 10.1 Å². The largest absolute Gasteiger partial charge is 0.460 e. The first-order valence-corrected chi connectivity index (χ1v) is 8.06. The van der Waals surface area contributed by atoms with Crippen LogP contribution in [0, 0.1) is 0 Å². The number of pyridine rings is 1. The van der Waals surface area contributed by atoms with Gasteiger partial charge in [0.2, 0.25) is 0 Å². The fraction of sp³-hybridized carbons (Fsp3) is 0.278. The average Bonchev–Trinajstić information content (AvgIpc) is 2.60. The summed E-state index contributed by atoms with van der Waals surface area (Å²) in [5.41, 5.74) is 1.93. The first kappa shape index (κ1) is 17.9. The molecule has 0 saturated carbocycles. The molecule has 5 nitrogen and oxygen atoms in total. The monoisotopic (exact) mass is 346 g/mol. The van der Waals surface area contributed by atoms with E-state index in [-0.39, 0.29) is 29.3 Å². The molecule has 0 fully saturated rings. The van der Waals surface area contributed by atoms with Gasteiger partial charge in [0.1, 0.15) is 11.8 Å². The summed E-state index contributed by atoms with van der Waals surface area (Å²) >= 11 is 5.88. The lowest BCUT2D eigenvalue weighted by atomic mass is 10.1. The maximum Gasteiger partial charge on any atom is 0.338 e. The van der Waals surface area contributed by atoms with E-state index in [1.54, 1.807) is 31.2 Å². The van der Waals surface area contributed by atoms with Crippen molar-refractivity contribution in [3.63, 3.8) is 0 Å². The van der Waals surface area contributed by atoms with Crippen molar-refractivity contribution < 1.29 is 14.3 Å². The molecule has 0 aliphatic carbocycles. The molecule has 1 atom stereocenters. The molecule has 24 heavy (non-hydrogen) atoms. The minimum atomic E-state index is -0.418. The maximum atomic E-state index is 12.1. The van der Waals surface area contributed by atoms with Gasteiger partial charge in [-0.3, -0.25) is 4.79 Å². The highest BCUT2D eigenvalue weighted by molar-refractivity contribution is 6.32. The minimum Gasteiger partial charge on any atom is -0.460 e. The van der Waals surface area contributed by atoms with Crippen LogP contribution in [0.1, 0.15) is 40.1 Å². The lowest BCUT2D eigenvalue weighted by Gasteiger charge is -2.14. The van der Waals surface area contributed by atoms with Crippen molar-refractivity contribution in [3.8, 4) is 0 Å². The molecule has 0 bridgehead atoms. The highest BCUT2D eigenvalue weighted by atomic mass is 35.5. The second-order valence-corrected chi connectivity index (χ2v) is 5.72. The number of nitrogens with zero attached hydrogens (tertiary/aromatic N) is 1. The number of nitrogens with one attached hydrogen (secondary N) is 1. The van der Waals surface area contributed by atoms with Crippen LogP contribution in [-0.4, -0.2) is 29.5 Å². The van der Waals surface area contributed by atoms with E-state index >= 15 is 0 Å². The van der Waals surface area contributed by atoms with Gasteiger partial charge in [-0.25, -0.2) is 9.78 Å². The SMILES string of the molecule is CCc1ccc(C(=O)OC[C@H](C)NC(=O)c2cccnc2Cl)cc1. The number of carbonyl (C=O) groups is 2. The van der Waals surface area contributed by atoms with Gasteiger partial charge in [-0.05, 0) is 43.2 Å². The van der Waals surface area contributed by atoms with Crippen LogP contribution < -0.4 is 5.32 Å². The number of ether oxygens (including phenoxy) is 1. The summed E-state index contributed by atoms with van der Waals surface area (Å²) < 4.78 is 5.23. The summed E-state index contributed by atoms with van der Waals surface area (Å²) in [4.78, 5) is 27.9. The van der Waals surface area contributed by atoms with Crippen molar-refractivity contribution in [1.82, 2.24) is 10.3 Å². The molecule has 1 N–H and O–H groups in total. The number of esters is 1. The average molecular weight is 347 g/mol. The third-order valence-corrected chi connectivity index (χ3v) is 3.74. The summed E-state index contributed by atoms with van der Waals surface area (Å²) in [5.74, 6) is -0.776. The molecule has 0 spiro atoms. The number of hydrogen-bond acceptors (Lipinski definition) is 4. The number of halogens is 1. The molecular weight excluding hydrogens is 328 g/mol. The van der Waals surface area contributed by atoms with E-state index in [2.05, 4.69) is 10.3 Å². The molecule has 1 aromatic carbocycles. The Balaban J connectivity index is 1.86. The van der Waals surface area contributed by atoms with E-state index in [1.807, 2.05) is 19.1 Å². The Hall–Kier alpha value is -2.40. The van der Waals surface area contributed by atoms with Gasteiger partial charge in [0.25, 0.3) is 5.91 Å². The number of amides is 1. The number of benzene rings is 1. The molecule has 1 amide bonds. The van der Waals surface area contributed by atoms with Crippen LogP contribution in [-0.2, 0) is 11.2 Å². The predicted molar refractivity (Wildman–Crippen MR) is 92.3 cm³/mol. The van der Waals surface area contributed by atoms with Crippen LogP contribution >= 0.6 is 11.6 Å². The Bertz CT molecular complexity index is 716. The van der Waals surface area contributed by atoms with Crippen LogP contribution in [0.15, 0.2) is 42.6 Å². The first-order chi connectivity index (χ1) is 11.5. The van der Waals surface area contributed by atoms with Gasteiger partial charge in [0.05, 0.1) is 17.2 Å². The molecule has 0 aliphatic heterocycles. The van der Waals surface area contributed by atoms with Crippen LogP contribution in [0.2, 0.25) is 5.15 Å². The van der Waals surface area contributed by atoms with Gasteiger partial charge in [0.15, 0.2) is 0 Å². The van der Waals surface area contributed by atoms with Crippen molar-refractivity contribution in [3.05, 3.63) is 64.4 Å². The molecular formula is C18H19ClN2O3. The normalized spacial score (nSPS) is 11.6. The highest BCUT2D eigenvalue weighted by Crippen LogP contribution is 2.11. The first-order valence-electron chi connectivity index (χ1n) is 7.68. The van der Waals surface area contributed by atoms with E-state index in [0.29, 0.717) is 5.56 Å². The number of aryl methyl sites for hydroxylation is 1. The number of carbonyl (C=O) groups excluding carboxylic acids is 2. The van der Waals surface area contributed by atoms with E-state index in [4.69, 9.17) is 16.3 Å². The maximum absolute atomic E-state index is 12.1. The topological polar surface area (TPSA) is 68.3 Å². The number of rotatable bonds is 6. The van der Waals surface area contributed by atoms with Gasteiger partial charge >= 0.3 is 5.97 Å². The number of aromatic nitrogens is 1. The van der Waals surface area contributed by atoms with Gasteiger partial charge in [-0.15, -0.1) is 0 Å². The molecule has 126 valence electrons. The molecule has 0 unspecified atom stereocenters. The summed E-state index contributed by atoms with van der Waals surface area (Å²) in [6.07, 6.45) is 2.42. The molecule has 6 heteroatoms. The van der Waals surface area contributed by atoms with Gasteiger partial charge in [-0.2, -0.15) is 0 Å². The lowest BCUT2D eigenvalue weighted by Crippen LogP contribution is -2.36. The molecule has 0 aliphatic rings. The molecule has 1 heterocycles. The molecule has 0 saturated heterocycles. The second-order valence-electron chi connectivity index (χ2n) is 5.37. The summed E-state index contributed by atoms with van der Waals surface area (Å²) in [7, 11) is 0. The van der Waals surface area contributed by atoms with Crippen LogP contribution in [0.25, 0.3) is 0 Å². The summed E-state index contributed by atoms with van der Waals surface area (Å²) in [6.45, 7) is 3.86. The van der Waals surface area contributed by atoms with Gasteiger partial charge in [-0.1, -0.05) is 30.7 Å². The zero-order chi connectivity index (χ0) is 17.5. The van der Waals surface area contributed by atoms with Crippen LogP contribution in [0.3, 0.4) is 0 Å². The summed E-state index contributed by atoms with van der Waals surface area (Å²) in [6, 6.07) is 10.1. The number of hydrogen-bond donors (Lipinski definition) is 1. The van der Waals surface area contributed by atoms with E-state index in [1.165, 1.54) is 6.20 Å².